The fourth-order valence-corrected chi connectivity index (χ4v) is 5.00. The van der Waals surface area contributed by atoms with Crippen molar-refractivity contribution in [2.75, 3.05) is 11.5 Å². The first kappa shape index (κ1) is 17.8. The molecule has 1 aliphatic rings. The lowest BCUT2D eigenvalue weighted by Crippen LogP contribution is -2.21. The molecule has 2 heterocycles. The second-order valence-electron chi connectivity index (χ2n) is 6.28. The molecule has 0 unspecified atom stereocenters. The van der Waals surface area contributed by atoms with Crippen LogP contribution in [0.2, 0.25) is 5.15 Å². The number of fused-ring (bicyclic) bond motifs is 1. The number of hydrazone groups is 1. The van der Waals surface area contributed by atoms with Gasteiger partial charge in [0.05, 0.1) is 23.2 Å². The minimum atomic E-state index is -2.98. The number of hydrogen-bond acceptors (Lipinski definition) is 5. The molecule has 0 aliphatic carbocycles. The normalized spacial score (nSPS) is 19.5. The second-order valence-corrected chi connectivity index (χ2v) is 8.87. The van der Waals surface area contributed by atoms with Crippen LogP contribution in [0, 0.1) is 12.8 Å². The summed E-state index contributed by atoms with van der Waals surface area (Å²) in [6.07, 6.45) is 2.12. The number of carbonyl (C=O) groups is 1. The van der Waals surface area contributed by atoms with E-state index < -0.39 is 9.84 Å². The summed E-state index contributed by atoms with van der Waals surface area (Å²) in [4.78, 5) is 16.2. The molecular weight excluding hydrogens is 362 g/mol. The third-order valence-electron chi connectivity index (χ3n) is 4.22. The van der Waals surface area contributed by atoms with Crippen LogP contribution < -0.4 is 5.43 Å². The van der Waals surface area contributed by atoms with Crippen molar-refractivity contribution < 1.29 is 13.2 Å². The topological polar surface area (TPSA) is 88.5 Å². The van der Waals surface area contributed by atoms with Crippen molar-refractivity contribution in [3.05, 3.63) is 40.5 Å². The number of halogens is 1. The number of amides is 1. The van der Waals surface area contributed by atoms with E-state index in [4.69, 9.17) is 11.6 Å². The Morgan fingerprint density at radius 2 is 2.28 bits per heavy atom. The zero-order valence-electron chi connectivity index (χ0n) is 13.7. The van der Waals surface area contributed by atoms with E-state index in [9.17, 15) is 13.2 Å². The molecular formula is C17H18ClN3O3S. The molecule has 132 valence electrons. The summed E-state index contributed by atoms with van der Waals surface area (Å²) < 4.78 is 22.8. The zero-order chi connectivity index (χ0) is 18.0. The van der Waals surface area contributed by atoms with Crippen molar-refractivity contribution in [3.8, 4) is 0 Å². The number of para-hydroxylation sites is 1. The van der Waals surface area contributed by atoms with Crippen molar-refractivity contribution in [2.45, 2.75) is 19.8 Å². The highest BCUT2D eigenvalue weighted by Gasteiger charge is 2.29. The molecule has 3 rings (SSSR count). The van der Waals surface area contributed by atoms with Gasteiger partial charge in [-0.2, -0.15) is 5.10 Å². The number of nitrogens with one attached hydrogen (secondary N) is 1. The van der Waals surface area contributed by atoms with Gasteiger partial charge in [-0.05, 0) is 30.9 Å². The summed E-state index contributed by atoms with van der Waals surface area (Å²) in [5, 5.41) is 5.16. The summed E-state index contributed by atoms with van der Waals surface area (Å²) >= 11 is 6.18. The third-order valence-corrected chi connectivity index (χ3v) is 6.36. The van der Waals surface area contributed by atoms with Crippen LogP contribution >= 0.6 is 11.6 Å². The molecule has 0 spiro atoms. The maximum absolute atomic E-state index is 11.9. The van der Waals surface area contributed by atoms with Gasteiger partial charge in [0, 0.05) is 17.4 Å². The Morgan fingerprint density at radius 1 is 1.48 bits per heavy atom. The van der Waals surface area contributed by atoms with Crippen LogP contribution in [-0.2, 0) is 14.6 Å². The number of hydrogen-bond donors (Lipinski definition) is 1. The molecule has 1 atom stereocenters. The summed E-state index contributed by atoms with van der Waals surface area (Å²) in [6.45, 7) is 1.96. The molecule has 1 N–H and O–H groups in total. The van der Waals surface area contributed by atoms with Gasteiger partial charge in [-0.25, -0.2) is 18.8 Å². The minimum absolute atomic E-state index is 0.0733. The van der Waals surface area contributed by atoms with Gasteiger partial charge in [-0.1, -0.05) is 29.8 Å². The smallest absolute Gasteiger partial charge is 0.240 e. The monoisotopic (exact) mass is 379 g/mol. The van der Waals surface area contributed by atoms with Crippen molar-refractivity contribution in [1.29, 1.82) is 0 Å². The maximum Gasteiger partial charge on any atom is 0.240 e. The first-order valence-corrected chi connectivity index (χ1v) is 10.1. The fraction of sp³-hybridized carbons (Fsp3) is 0.353. The highest BCUT2D eigenvalue weighted by atomic mass is 35.5. The Hall–Kier alpha value is -1.99. The van der Waals surface area contributed by atoms with Gasteiger partial charge in [-0.15, -0.1) is 0 Å². The summed E-state index contributed by atoms with van der Waals surface area (Å²) in [7, 11) is -2.98. The lowest BCUT2D eigenvalue weighted by atomic mass is 10.1. The van der Waals surface area contributed by atoms with E-state index in [0.717, 1.165) is 16.5 Å². The lowest BCUT2D eigenvalue weighted by molar-refractivity contribution is -0.121. The second kappa shape index (κ2) is 7.09. The van der Waals surface area contributed by atoms with E-state index in [1.54, 1.807) is 0 Å². The molecule has 6 nitrogen and oxygen atoms in total. The standard InChI is InChI=1S/C17H18ClN3O3S/c1-11-3-2-4-13-8-14(17(18)20-16(11)13)9-19-21-15(22)7-12-5-6-25(23,24)10-12/h2-4,8-9,12H,5-7,10H2,1H3,(H,21,22)/b19-9-/t12-/m0/s1. The molecule has 25 heavy (non-hydrogen) atoms. The van der Waals surface area contributed by atoms with E-state index >= 15 is 0 Å². The summed E-state index contributed by atoms with van der Waals surface area (Å²) in [6, 6.07) is 7.69. The number of rotatable bonds is 4. The molecule has 8 heteroatoms. The predicted molar refractivity (Wildman–Crippen MR) is 98.6 cm³/mol. The van der Waals surface area contributed by atoms with E-state index in [2.05, 4.69) is 15.5 Å². The molecule has 0 bridgehead atoms. The van der Waals surface area contributed by atoms with E-state index in [1.165, 1.54) is 6.21 Å². The average molecular weight is 380 g/mol. The van der Waals surface area contributed by atoms with Crippen molar-refractivity contribution in [2.24, 2.45) is 11.0 Å². The predicted octanol–water partition coefficient (Wildman–Crippen LogP) is 2.47. The Balaban J connectivity index is 1.65. The van der Waals surface area contributed by atoms with Crippen molar-refractivity contribution in [3.63, 3.8) is 0 Å². The molecule has 1 aromatic heterocycles. The van der Waals surface area contributed by atoms with Gasteiger partial charge in [0.2, 0.25) is 5.91 Å². The lowest BCUT2D eigenvalue weighted by Gasteiger charge is -2.06. The minimum Gasteiger partial charge on any atom is -0.273 e. The van der Waals surface area contributed by atoms with Gasteiger partial charge < -0.3 is 0 Å². The average Bonchev–Trinajstić information content (AvgIpc) is 2.87. The molecule has 2 aromatic rings. The molecule has 1 aliphatic heterocycles. The first-order chi connectivity index (χ1) is 11.8. The van der Waals surface area contributed by atoms with E-state index in [-0.39, 0.29) is 29.8 Å². The number of nitrogens with zero attached hydrogens (tertiary/aromatic N) is 2. The molecule has 0 radical (unpaired) electrons. The molecule has 1 amide bonds. The van der Waals surface area contributed by atoms with Crippen molar-refractivity contribution >= 4 is 44.5 Å². The van der Waals surface area contributed by atoms with E-state index in [1.807, 2.05) is 31.2 Å². The number of benzene rings is 1. The Morgan fingerprint density at radius 3 is 3.00 bits per heavy atom. The molecule has 1 saturated heterocycles. The zero-order valence-corrected chi connectivity index (χ0v) is 15.3. The largest absolute Gasteiger partial charge is 0.273 e. The van der Waals surface area contributed by atoms with Gasteiger partial charge in [0.25, 0.3) is 0 Å². The molecule has 0 saturated carbocycles. The van der Waals surface area contributed by atoms with Crippen LogP contribution in [0.1, 0.15) is 24.0 Å². The molecule has 1 fully saturated rings. The summed E-state index contributed by atoms with van der Waals surface area (Å²) in [5.41, 5.74) is 4.88. The quantitative estimate of drug-likeness (QED) is 0.502. The van der Waals surface area contributed by atoms with Crippen LogP contribution in [0.15, 0.2) is 29.4 Å². The van der Waals surface area contributed by atoms with Gasteiger partial charge in [-0.3, -0.25) is 4.79 Å². The van der Waals surface area contributed by atoms with Gasteiger partial charge in [0.1, 0.15) is 5.15 Å². The number of carbonyl (C=O) groups excluding carboxylic acids is 1. The SMILES string of the molecule is Cc1cccc2cc(/C=N\NC(=O)C[C@@H]3CCS(=O)(=O)C3)c(Cl)nc12. The Kier molecular flexibility index (Phi) is 5.06. The number of pyridine rings is 1. The maximum atomic E-state index is 11.9. The first-order valence-electron chi connectivity index (χ1n) is 7.92. The summed E-state index contributed by atoms with van der Waals surface area (Å²) in [5.74, 6) is -0.205. The van der Waals surface area contributed by atoms with E-state index in [0.29, 0.717) is 17.1 Å². The van der Waals surface area contributed by atoms with Crippen LogP contribution in [-0.4, -0.2) is 37.0 Å². The Bertz CT molecular complexity index is 957. The number of aromatic nitrogens is 1. The highest BCUT2D eigenvalue weighted by molar-refractivity contribution is 7.91. The van der Waals surface area contributed by atoms with Gasteiger partial charge >= 0.3 is 0 Å². The van der Waals surface area contributed by atoms with Crippen LogP contribution in [0.5, 0.6) is 0 Å². The van der Waals surface area contributed by atoms with Gasteiger partial charge in [0.15, 0.2) is 9.84 Å². The van der Waals surface area contributed by atoms with Crippen LogP contribution in [0.3, 0.4) is 0 Å². The highest BCUT2D eigenvalue weighted by Crippen LogP contribution is 2.22. The fourth-order valence-electron chi connectivity index (χ4n) is 2.95. The number of sulfone groups is 1. The molecule has 1 aromatic carbocycles. The number of aryl methyl sites for hydroxylation is 1. The van der Waals surface area contributed by atoms with Crippen LogP contribution in [0.25, 0.3) is 10.9 Å². The van der Waals surface area contributed by atoms with Crippen LogP contribution in [0.4, 0.5) is 0 Å². The Labute approximate surface area is 151 Å². The third kappa shape index (κ3) is 4.35. The van der Waals surface area contributed by atoms with Crippen molar-refractivity contribution in [1.82, 2.24) is 10.4 Å².